The number of hydrogen-bond donors (Lipinski definition) is 1. The number of nitrogens with one attached hydrogen (secondary N) is 1. The maximum absolute atomic E-state index is 12.3. The molecule has 0 aliphatic heterocycles. The van der Waals surface area contributed by atoms with E-state index in [9.17, 15) is 4.79 Å². The van der Waals surface area contributed by atoms with Gasteiger partial charge in [-0.05, 0) is 69.1 Å². The Hall–Kier alpha value is -2.67. The van der Waals surface area contributed by atoms with Gasteiger partial charge in [0.15, 0.2) is 0 Å². The Bertz CT molecular complexity index is 789. The molecule has 0 fully saturated rings. The SMILES string of the molecule is C=NN(C(=O)OC(C)(C)C)c1ccc(Nc2ccnc(Cl)n2)cc1C. The smallest absolute Gasteiger partial charge is 0.435 e. The topological polar surface area (TPSA) is 79.7 Å². The molecular weight excluding hydrogens is 342 g/mol. The van der Waals surface area contributed by atoms with Crippen molar-refractivity contribution >= 4 is 41.6 Å². The van der Waals surface area contributed by atoms with Crippen molar-refractivity contribution in [2.24, 2.45) is 5.10 Å². The van der Waals surface area contributed by atoms with Crippen LogP contribution in [0.1, 0.15) is 26.3 Å². The standard InChI is InChI=1S/C17H20ClN5O2/c1-11-10-12(21-14-8-9-20-15(18)22-14)6-7-13(11)23(19-5)16(24)25-17(2,3)4/h6-10H,5H2,1-4H3,(H,20,21,22). The number of hydrogen-bond acceptors (Lipinski definition) is 6. The number of benzene rings is 1. The van der Waals surface area contributed by atoms with Crippen molar-refractivity contribution < 1.29 is 9.53 Å². The molecule has 1 N–H and O–H groups in total. The van der Waals surface area contributed by atoms with Gasteiger partial charge in [-0.15, -0.1) is 0 Å². The molecule has 0 saturated heterocycles. The first kappa shape index (κ1) is 18.7. The first-order valence-corrected chi connectivity index (χ1v) is 7.93. The van der Waals surface area contributed by atoms with E-state index in [1.54, 1.807) is 45.2 Å². The largest absolute Gasteiger partial charge is 0.442 e. The number of aryl methyl sites for hydroxylation is 1. The molecule has 0 bridgehead atoms. The minimum Gasteiger partial charge on any atom is -0.442 e. The van der Waals surface area contributed by atoms with Crippen LogP contribution < -0.4 is 10.3 Å². The molecule has 1 amide bonds. The van der Waals surface area contributed by atoms with Crippen molar-refractivity contribution in [3.63, 3.8) is 0 Å². The zero-order chi connectivity index (χ0) is 18.6. The number of carbonyl (C=O) groups excluding carboxylic acids is 1. The van der Waals surface area contributed by atoms with Crippen molar-refractivity contribution in [1.29, 1.82) is 0 Å². The molecule has 8 heteroatoms. The molecule has 1 aromatic carbocycles. The molecule has 132 valence electrons. The van der Waals surface area contributed by atoms with Crippen LogP contribution in [0.25, 0.3) is 0 Å². The van der Waals surface area contributed by atoms with Gasteiger partial charge in [0.05, 0.1) is 5.69 Å². The van der Waals surface area contributed by atoms with Crippen LogP contribution in [0.15, 0.2) is 35.6 Å². The molecule has 0 aliphatic rings. The number of rotatable bonds is 4. The number of halogens is 1. The Labute approximate surface area is 151 Å². The molecule has 2 aromatic rings. The summed E-state index contributed by atoms with van der Waals surface area (Å²) >= 11 is 5.78. The monoisotopic (exact) mass is 361 g/mol. The first-order valence-electron chi connectivity index (χ1n) is 7.55. The van der Waals surface area contributed by atoms with Crippen LogP contribution in [0.3, 0.4) is 0 Å². The fourth-order valence-corrected chi connectivity index (χ4v) is 2.21. The van der Waals surface area contributed by atoms with Crippen LogP contribution in [0.5, 0.6) is 0 Å². The van der Waals surface area contributed by atoms with Gasteiger partial charge < -0.3 is 10.1 Å². The summed E-state index contributed by atoms with van der Waals surface area (Å²) in [5, 5.41) is 8.19. The third-order valence-electron chi connectivity index (χ3n) is 3.03. The van der Waals surface area contributed by atoms with E-state index in [4.69, 9.17) is 16.3 Å². The van der Waals surface area contributed by atoms with Gasteiger partial charge in [0.1, 0.15) is 11.4 Å². The van der Waals surface area contributed by atoms with Gasteiger partial charge >= 0.3 is 6.09 Å². The fourth-order valence-electron chi connectivity index (χ4n) is 2.06. The summed E-state index contributed by atoms with van der Waals surface area (Å²) < 4.78 is 5.35. The second-order valence-corrected chi connectivity index (χ2v) is 6.61. The molecule has 1 heterocycles. The average Bonchev–Trinajstić information content (AvgIpc) is 2.48. The van der Waals surface area contributed by atoms with Gasteiger partial charge in [-0.25, -0.2) is 14.8 Å². The van der Waals surface area contributed by atoms with E-state index in [0.717, 1.165) is 16.3 Å². The van der Waals surface area contributed by atoms with E-state index in [0.29, 0.717) is 11.5 Å². The first-order chi connectivity index (χ1) is 11.7. The summed E-state index contributed by atoms with van der Waals surface area (Å²) in [5.41, 5.74) is 1.55. The normalized spacial score (nSPS) is 10.9. The van der Waals surface area contributed by atoms with Crippen LogP contribution in [0.4, 0.5) is 22.0 Å². The second kappa shape index (κ2) is 7.48. The zero-order valence-electron chi connectivity index (χ0n) is 14.6. The molecule has 0 spiro atoms. The lowest BCUT2D eigenvalue weighted by Crippen LogP contribution is -2.33. The number of anilines is 3. The fraction of sp³-hybridized carbons (Fsp3) is 0.294. The van der Waals surface area contributed by atoms with Crippen LogP contribution in [0, 0.1) is 6.92 Å². The van der Waals surface area contributed by atoms with E-state index in [-0.39, 0.29) is 5.28 Å². The lowest BCUT2D eigenvalue weighted by atomic mass is 10.1. The van der Waals surface area contributed by atoms with E-state index in [1.165, 1.54) is 0 Å². The Morgan fingerprint density at radius 1 is 1.36 bits per heavy atom. The van der Waals surface area contributed by atoms with Gasteiger partial charge in [0.2, 0.25) is 5.28 Å². The quantitative estimate of drug-likeness (QED) is 0.491. The molecule has 0 atom stereocenters. The summed E-state index contributed by atoms with van der Waals surface area (Å²) in [4.78, 5) is 20.2. The molecule has 25 heavy (non-hydrogen) atoms. The van der Waals surface area contributed by atoms with Crippen LogP contribution in [-0.4, -0.2) is 28.4 Å². The van der Waals surface area contributed by atoms with Crippen LogP contribution in [0.2, 0.25) is 5.28 Å². The summed E-state index contributed by atoms with van der Waals surface area (Å²) in [7, 11) is 0. The molecule has 0 radical (unpaired) electrons. The minimum absolute atomic E-state index is 0.158. The third kappa shape index (κ3) is 5.15. The Morgan fingerprint density at radius 2 is 2.08 bits per heavy atom. The van der Waals surface area contributed by atoms with Crippen molar-refractivity contribution in [2.45, 2.75) is 33.3 Å². The lowest BCUT2D eigenvalue weighted by Gasteiger charge is -2.25. The summed E-state index contributed by atoms with van der Waals surface area (Å²) in [6.45, 7) is 10.7. The number of nitrogens with zero attached hydrogens (tertiary/aromatic N) is 4. The van der Waals surface area contributed by atoms with Gasteiger partial charge in [-0.2, -0.15) is 10.1 Å². The maximum atomic E-state index is 12.3. The highest BCUT2D eigenvalue weighted by Crippen LogP contribution is 2.27. The lowest BCUT2D eigenvalue weighted by molar-refractivity contribution is 0.0581. The highest BCUT2D eigenvalue weighted by Gasteiger charge is 2.24. The van der Waals surface area contributed by atoms with Crippen molar-refractivity contribution in [1.82, 2.24) is 9.97 Å². The predicted octanol–water partition coefficient (Wildman–Crippen LogP) is 4.54. The number of amides is 1. The molecule has 0 saturated carbocycles. The van der Waals surface area contributed by atoms with Crippen molar-refractivity contribution in [2.75, 3.05) is 10.3 Å². The number of hydrazone groups is 1. The minimum atomic E-state index is -0.623. The van der Waals surface area contributed by atoms with Gasteiger partial charge in [0.25, 0.3) is 0 Å². The molecule has 2 rings (SSSR count). The number of aromatic nitrogens is 2. The third-order valence-corrected chi connectivity index (χ3v) is 3.21. The molecule has 1 aromatic heterocycles. The molecular formula is C17H20ClN5O2. The zero-order valence-corrected chi connectivity index (χ0v) is 15.3. The van der Waals surface area contributed by atoms with E-state index >= 15 is 0 Å². The second-order valence-electron chi connectivity index (χ2n) is 6.27. The van der Waals surface area contributed by atoms with E-state index in [2.05, 4.69) is 27.1 Å². The van der Waals surface area contributed by atoms with Gasteiger partial charge in [-0.3, -0.25) is 0 Å². The van der Waals surface area contributed by atoms with E-state index < -0.39 is 11.7 Å². The molecule has 7 nitrogen and oxygen atoms in total. The van der Waals surface area contributed by atoms with Crippen molar-refractivity contribution in [3.8, 4) is 0 Å². The van der Waals surface area contributed by atoms with Gasteiger partial charge in [0, 0.05) is 18.6 Å². The highest BCUT2D eigenvalue weighted by atomic mass is 35.5. The van der Waals surface area contributed by atoms with Crippen LogP contribution in [-0.2, 0) is 4.74 Å². The Balaban J connectivity index is 2.22. The predicted molar refractivity (Wildman–Crippen MR) is 99.8 cm³/mol. The van der Waals surface area contributed by atoms with Crippen LogP contribution >= 0.6 is 11.6 Å². The number of carbonyl (C=O) groups is 1. The Morgan fingerprint density at radius 3 is 2.64 bits per heavy atom. The number of ether oxygens (including phenoxy) is 1. The summed E-state index contributed by atoms with van der Waals surface area (Å²) in [6, 6.07) is 7.10. The van der Waals surface area contributed by atoms with Crippen molar-refractivity contribution in [3.05, 3.63) is 41.3 Å². The van der Waals surface area contributed by atoms with Gasteiger partial charge in [-0.1, -0.05) is 0 Å². The summed E-state index contributed by atoms with van der Waals surface area (Å²) in [6.07, 6.45) is 0.971. The highest BCUT2D eigenvalue weighted by molar-refractivity contribution is 6.28. The molecule has 0 unspecified atom stereocenters. The van der Waals surface area contributed by atoms with E-state index in [1.807, 2.05) is 13.0 Å². The maximum Gasteiger partial charge on any atom is 0.435 e. The average molecular weight is 362 g/mol. The Kier molecular flexibility index (Phi) is 5.58. The summed E-state index contributed by atoms with van der Waals surface area (Å²) in [5.74, 6) is 0.568. The molecule has 0 aliphatic carbocycles.